The predicted molar refractivity (Wildman–Crippen MR) is 159 cm³/mol. The van der Waals surface area contributed by atoms with Crippen molar-refractivity contribution in [2.45, 2.75) is 50.5 Å². The van der Waals surface area contributed by atoms with Crippen LogP contribution in [-0.4, -0.2) is 61.0 Å². The lowest BCUT2D eigenvalue weighted by molar-refractivity contribution is -0.126. The topological polar surface area (TPSA) is 97.1 Å². The number of pyridine rings is 1. The summed E-state index contributed by atoms with van der Waals surface area (Å²) >= 11 is 6.81. The van der Waals surface area contributed by atoms with Crippen molar-refractivity contribution in [3.63, 3.8) is 0 Å². The van der Waals surface area contributed by atoms with E-state index in [1.165, 1.54) is 16.7 Å². The van der Waals surface area contributed by atoms with Gasteiger partial charge in [0.1, 0.15) is 18.0 Å². The highest BCUT2D eigenvalue weighted by Gasteiger charge is 2.37. The Labute approximate surface area is 246 Å². The van der Waals surface area contributed by atoms with Crippen LogP contribution in [0.2, 0.25) is 5.02 Å². The number of carbonyl (C=O) groups excluding carboxylic acids is 1. The van der Waals surface area contributed by atoms with Gasteiger partial charge in [-0.05, 0) is 56.9 Å². The second kappa shape index (κ2) is 10.3. The van der Waals surface area contributed by atoms with Crippen LogP contribution in [0.25, 0.3) is 28.0 Å². The molecule has 7 rings (SSSR count). The monoisotopic (exact) mass is 585 g/mol. The van der Waals surface area contributed by atoms with Gasteiger partial charge in [0.15, 0.2) is 5.65 Å². The molecule has 1 aromatic carbocycles. The van der Waals surface area contributed by atoms with E-state index in [4.69, 9.17) is 16.6 Å². The van der Waals surface area contributed by atoms with Crippen molar-refractivity contribution >= 4 is 34.4 Å². The van der Waals surface area contributed by atoms with E-state index < -0.39 is 11.5 Å². The molecule has 11 heteroatoms. The number of anilines is 1. The molecule has 1 amide bonds. The summed E-state index contributed by atoms with van der Waals surface area (Å²) in [5.41, 5.74) is 2.56. The molecule has 1 aliphatic heterocycles. The number of carbonyl (C=O) groups is 1. The molecule has 0 unspecified atom stereocenters. The van der Waals surface area contributed by atoms with Gasteiger partial charge in [-0.3, -0.25) is 4.79 Å². The minimum Gasteiger partial charge on any atom is -0.350 e. The summed E-state index contributed by atoms with van der Waals surface area (Å²) in [5, 5.41) is 0.797. The molecular formula is C31H29ClFN7O2. The average Bonchev–Trinajstić information content (AvgIpc) is 3.91. The Balaban J connectivity index is 1.49. The van der Waals surface area contributed by atoms with Crippen molar-refractivity contribution in [3.05, 3.63) is 82.0 Å². The van der Waals surface area contributed by atoms with E-state index in [1.807, 2.05) is 11.8 Å². The summed E-state index contributed by atoms with van der Waals surface area (Å²) in [4.78, 5) is 49.0. The molecule has 9 nitrogen and oxygen atoms in total. The second-order valence-corrected chi connectivity index (χ2v) is 11.7. The highest BCUT2D eigenvalue weighted by Crippen LogP contribution is 2.47. The first kappa shape index (κ1) is 26.7. The fraction of sp³-hybridized carbons (Fsp3) is 0.355. The molecule has 4 heterocycles. The zero-order valence-electron chi connectivity index (χ0n) is 23.1. The molecule has 2 saturated carbocycles. The summed E-state index contributed by atoms with van der Waals surface area (Å²) in [6.45, 7) is 6.92. The van der Waals surface area contributed by atoms with E-state index in [0.717, 1.165) is 37.1 Å². The van der Waals surface area contributed by atoms with Crippen molar-refractivity contribution in [1.29, 1.82) is 0 Å². The van der Waals surface area contributed by atoms with E-state index in [1.54, 1.807) is 35.5 Å². The molecule has 0 N–H and O–H groups in total. The molecule has 0 bridgehead atoms. The molecule has 3 fully saturated rings. The fourth-order valence-corrected chi connectivity index (χ4v) is 6.17. The number of amides is 1. The molecule has 3 aromatic heterocycles. The number of benzene rings is 1. The van der Waals surface area contributed by atoms with E-state index in [-0.39, 0.29) is 40.1 Å². The lowest BCUT2D eigenvalue weighted by atomic mass is 10.1. The van der Waals surface area contributed by atoms with Crippen molar-refractivity contribution < 1.29 is 9.18 Å². The average molecular weight is 586 g/mol. The van der Waals surface area contributed by atoms with Crippen LogP contribution in [0.1, 0.15) is 55.8 Å². The Morgan fingerprint density at radius 1 is 1.07 bits per heavy atom. The van der Waals surface area contributed by atoms with Crippen molar-refractivity contribution in [3.8, 4) is 16.9 Å². The van der Waals surface area contributed by atoms with Gasteiger partial charge in [-0.25, -0.2) is 28.7 Å². The Kier molecular flexibility index (Phi) is 6.53. The van der Waals surface area contributed by atoms with Crippen LogP contribution < -0.4 is 10.6 Å². The van der Waals surface area contributed by atoms with Gasteiger partial charge >= 0.3 is 5.69 Å². The SMILES string of the molecule is C=CC(=O)N1CCN(c2nc(=O)n(-c3c(C4CC4)ncnc3C3CC3)c3nc(-c4ccccc4F)c(Cl)cc23)[C@@H](C)C1. The van der Waals surface area contributed by atoms with E-state index >= 15 is 4.39 Å². The summed E-state index contributed by atoms with van der Waals surface area (Å²) in [6, 6.07) is 7.87. The molecule has 214 valence electrons. The maximum Gasteiger partial charge on any atom is 0.355 e. The summed E-state index contributed by atoms with van der Waals surface area (Å²) in [5.74, 6) is 0.286. The zero-order chi connectivity index (χ0) is 29.1. The molecule has 1 saturated heterocycles. The molecule has 0 radical (unpaired) electrons. The number of halogens is 2. The Morgan fingerprint density at radius 2 is 1.76 bits per heavy atom. The van der Waals surface area contributed by atoms with Crippen LogP contribution in [-0.2, 0) is 4.79 Å². The van der Waals surface area contributed by atoms with Crippen LogP contribution in [0.15, 0.2) is 54.1 Å². The number of hydrogen-bond donors (Lipinski definition) is 0. The molecule has 42 heavy (non-hydrogen) atoms. The lowest BCUT2D eigenvalue weighted by Gasteiger charge is -2.40. The van der Waals surface area contributed by atoms with Gasteiger partial charge in [0.05, 0.1) is 33.2 Å². The van der Waals surface area contributed by atoms with Crippen molar-refractivity contribution in [2.75, 3.05) is 24.5 Å². The number of fused-ring (bicyclic) bond motifs is 1. The van der Waals surface area contributed by atoms with Crippen LogP contribution in [0.4, 0.5) is 10.2 Å². The normalized spacial score (nSPS) is 18.9. The minimum atomic E-state index is -0.512. The number of piperazine rings is 1. The van der Waals surface area contributed by atoms with Crippen molar-refractivity contribution in [1.82, 2.24) is 29.4 Å². The third-order valence-electron chi connectivity index (χ3n) is 8.35. The smallest absolute Gasteiger partial charge is 0.350 e. The number of aromatic nitrogens is 5. The van der Waals surface area contributed by atoms with Gasteiger partial charge in [-0.1, -0.05) is 30.3 Å². The highest BCUT2D eigenvalue weighted by atomic mass is 35.5. The third-order valence-corrected chi connectivity index (χ3v) is 8.63. The first-order valence-electron chi connectivity index (χ1n) is 14.3. The van der Waals surface area contributed by atoms with E-state index in [9.17, 15) is 9.59 Å². The Hall–Kier alpha value is -4.18. The zero-order valence-corrected chi connectivity index (χ0v) is 23.9. The van der Waals surface area contributed by atoms with Gasteiger partial charge in [0.2, 0.25) is 5.91 Å². The van der Waals surface area contributed by atoms with E-state index in [0.29, 0.717) is 42.2 Å². The molecule has 4 aromatic rings. The number of nitrogens with zero attached hydrogens (tertiary/aromatic N) is 7. The minimum absolute atomic E-state index is 0.140. The van der Waals surface area contributed by atoms with Gasteiger partial charge < -0.3 is 9.80 Å². The first-order chi connectivity index (χ1) is 20.4. The van der Waals surface area contributed by atoms with Crippen LogP contribution in [0, 0.1) is 5.82 Å². The van der Waals surface area contributed by atoms with Crippen LogP contribution >= 0.6 is 11.6 Å². The molecule has 1 atom stereocenters. The third kappa shape index (κ3) is 4.54. The van der Waals surface area contributed by atoms with Crippen LogP contribution in [0.5, 0.6) is 0 Å². The largest absolute Gasteiger partial charge is 0.355 e. The van der Waals surface area contributed by atoms with Gasteiger partial charge in [0, 0.05) is 43.1 Å². The maximum atomic E-state index is 15.0. The van der Waals surface area contributed by atoms with Gasteiger partial charge in [-0.15, -0.1) is 0 Å². The predicted octanol–water partition coefficient (Wildman–Crippen LogP) is 5.01. The molecule has 0 spiro atoms. The molecular weight excluding hydrogens is 557 g/mol. The first-order valence-corrected chi connectivity index (χ1v) is 14.6. The van der Waals surface area contributed by atoms with E-state index in [2.05, 4.69) is 21.5 Å². The molecule has 3 aliphatic rings. The summed E-state index contributed by atoms with van der Waals surface area (Å²) in [7, 11) is 0. The summed E-state index contributed by atoms with van der Waals surface area (Å²) < 4.78 is 16.5. The van der Waals surface area contributed by atoms with Gasteiger partial charge in [0.25, 0.3) is 0 Å². The van der Waals surface area contributed by atoms with Gasteiger partial charge in [-0.2, -0.15) is 4.98 Å². The highest BCUT2D eigenvalue weighted by molar-refractivity contribution is 6.33. The maximum absolute atomic E-state index is 15.0. The van der Waals surface area contributed by atoms with Crippen molar-refractivity contribution in [2.24, 2.45) is 0 Å². The Bertz CT molecular complexity index is 1790. The number of hydrogen-bond acceptors (Lipinski definition) is 7. The summed E-state index contributed by atoms with van der Waals surface area (Å²) in [6.07, 6.45) is 6.83. The Morgan fingerprint density at radius 3 is 2.38 bits per heavy atom. The standard InChI is InChI=1S/C31H29ClFN7O2/c1-3-24(41)38-12-13-39(17(2)15-38)29-21-14-22(32)27(20-6-4-5-7-23(20)33)36-30(21)40(31(42)37-29)28-25(18-8-9-18)34-16-35-26(28)19-10-11-19/h3-7,14,16-19H,1,8-13,15H2,2H3/t17-/m0/s1. The number of rotatable bonds is 6. The molecule has 2 aliphatic carbocycles. The fourth-order valence-electron chi connectivity index (χ4n) is 5.92. The quantitative estimate of drug-likeness (QED) is 0.294. The second-order valence-electron chi connectivity index (χ2n) is 11.3. The van der Waals surface area contributed by atoms with Crippen LogP contribution in [0.3, 0.4) is 0 Å². The lowest BCUT2D eigenvalue weighted by Crippen LogP contribution is -2.54.